The monoisotopic (exact) mass is 405 g/mol. The molecule has 2 aromatic heterocycles. The predicted octanol–water partition coefficient (Wildman–Crippen LogP) is 3.29. The lowest BCUT2D eigenvalue weighted by Crippen LogP contribution is -2.50. The number of nitrogens with zero attached hydrogens (tertiary/aromatic N) is 5. The summed E-state index contributed by atoms with van der Waals surface area (Å²) in [4.78, 5) is 26.8. The van der Waals surface area contributed by atoms with E-state index in [-0.39, 0.29) is 11.9 Å². The summed E-state index contributed by atoms with van der Waals surface area (Å²) < 4.78 is 5.24. The molecule has 5 rings (SSSR count). The number of aryl methyl sites for hydroxylation is 2. The maximum atomic E-state index is 13.1. The number of anilines is 1. The van der Waals surface area contributed by atoms with Gasteiger partial charge >= 0.3 is 0 Å². The number of hydrogen-bond donors (Lipinski definition) is 0. The zero-order valence-corrected chi connectivity index (χ0v) is 17.5. The van der Waals surface area contributed by atoms with E-state index in [9.17, 15) is 4.79 Å². The lowest BCUT2D eigenvalue weighted by Gasteiger charge is -2.39. The number of fused-ring (bicyclic) bond motifs is 2. The van der Waals surface area contributed by atoms with Crippen LogP contribution in [-0.2, 0) is 11.2 Å². The number of hydrogen-bond acceptors (Lipinski definition) is 6. The summed E-state index contributed by atoms with van der Waals surface area (Å²) in [6.07, 6.45) is 5.24. The molecule has 7 heteroatoms. The molecule has 1 aromatic carbocycles. The van der Waals surface area contributed by atoms with Crippen LogP contribution in [0.5, 0.6) is 0 Å². The van der Waals surface area contributed by atoms with E-state index >= 15 is 0 Å². The first-order chi connectivity index (χ1) is 14.6. The largest absolute Gasteiger partial charge is 0.361 e. The number of rotatable bonds is 4. The van der Waals surface area contributed by atoms with Crippen LogP contribution in [-0.4, -0.2) is 51.6 Å². The van der Waals surface area contributed by atoms with Gasteiger partial charge in [-0.25, -0.2) is 4.98 Å². The molecule has 0 radical (unpaired) electrons. The summed E-state index contributed by atoms with van der Waals surface area (Å²) in [7, 11) is 0. The Morgan fingerprint density at radius 3 is 2.77 bits per heavy atom. The summed E-state index contributed by atoms with van der Waals surface area (Å²) in [6.45, 7) is 6.50. The van der Waals surface area contributed by atoms with E-state index in [1.807, 2.05) is 44.3 Å². The number of benzene rings is 1. The van der Waals surface area contributed by atoms with Crippen LogP contribution in [0.15, 0.2) is 35.0 Å². The normalized spacial score (nSPS) is 21.3. The van der Waals surface area contributed by atoms with Crippen LogP contribution in [0.25, 0.3) is 11.0 Å². The maximum absolute atomic E-state index is 13.1. The predicted molar refractivity (Wildman–Crippen MR) is 114 cm³/mol. The minimum absolute atomic E-state index is 0.231. The van der Waals surface area contributed by atoms with Crippen molar-refractivity contribution < 1.29 is 9.32 Å². The molecule has 0 spiro atoms. The number of carbonyl (C=O) groups excluding carboxylic acids is 1. The molecule has 2 atom stereocenters. The van der Waals surface area contributed by atoms with Gasteiger partial charge in [0, 0.05) is 31.6 Å². The minimum Gasteiger partial charge on any atom is -0.361 e. The summed E-state index contributed by atoms with van der Waals surface area (Å²) in [6, 6.07) is 8.20. The van der Waals surface area contributed by atoms with E-state index in [2.05, 4.69) is 19.9 Å². The fourth-order valence-electron chi connectivity index (χ4n) is 4.99. The van der Waals surface area contributed by atoms with Gasteiger partial charge in [-0.15, -0.1) is 0 Å². The average Bonchev–Trinajstić information content (AvgIpc) is 3.34. The number of aromatic nitrogens is 3. The number of carbonyl (C=O) groups is 1. The third kappa shape index (κ3) is 3.42. The van der Waals surface area contributed by atoms with Gasteiger partial charge in [0.05, 0.1) is 29.0 Å². The first-order valence-electron chi connectivity index (χ1n) is 10.8. The third-order valence-corrected chi connectivity index (χ3v) is 6.71. The summed E-state index contributed by atoms with van der Waals surface area (Å²) in [5.41, 5.74) is 3.78. The van der Waals surface area contributed by atoms with E-state index in [0.717, 1.165) is 66.3 Å². The second kappa shape index (κ2) is 7.70. The molecule has 2 fully saturated rings. The van der Waals surface area contributed by atoms with Crippen LogP contribution in [0, 0.1) is 19.8 Å². The third-order valence-electron chi connectivity index (χ3n) is 6.71. The smallest absolute Gasteiger partial charge is 0.223 e. The van der Waals surface area contributed by atoms with Gasteiger partial charge < -0.3 is 14.3 Å². The van der Waals surface area contributed by atoms with Gasteiger partial charge in [-0.05, 0) is 51.2 Å². The summed E-state index contributed by atoms with van der Waals surface area (Å²) >= 11 is 0. The quantitative estimate of drug-likeness (QED) is 0.663. The Bertz CT molecular complexity index is 1060. The van der Waals surface area contributed by atoms with Gasteiger partial charge in [0.2, 0.25) is 5.91 Å². The van der Waals surface area contributed by atoms with E-state index in [0.29, 0.717) is 18.8 Å². The van der Waals surface area contributed by atoms with E-state index in [1.54, 1.807) is 0 Å². The molecule has 3 aromatic rings. The lowest BCUT2D eigenvalue weighted by atomic mass is 9.92. The van der Waals surface area contributed by atoms with Crippen molar-refractivity contribution in [3.8, 4) is 0 Å². The van der Waals surface area contributed by atoms with Gasteiger partial charge in [0.1, 0.15) is 11.6 Å². The van der Waals surface area contributed by atoms with Crippen molar-refractivity contribution in [2.45, 2.75) is 45.6 Å². The van der Waals surface area contributed by atoms with Crippen molar-refractivity contribution in [3.63, 3.8) is 0 Å². The second-order valence-corrected chi connectivity index (χ2v) is 8.46. The van der Waals surface area contributed by atoms with Gasteiger partial charge in [-0.1, -0.05) is 17.3 Å². The summed E-state index contributed by atoms with van der Waals surface area (Å²) in [5.74, 6) is 2.53. The second-order valence-electron chi connectivity index (χ2n) is 8.46. The Kier molecular flexibility index (Phi) is 4.89. The SMILES string of the molecule is Cc1noc(C)c1CCC(=O)N1CCC2CCN(c3cnc4ccccc4n3)CC21. The fourth-order valence-corrected chi connectivity index (χ4v) is 4.99. The van der Waals surface area contributed by atoms with Crippen molar-refractivity contribution in [3.05, 3.63) is 47.5 Å². The van der Waals surface area contributed by atoms with Crippen LogP contribution in [0.1, 0.15) is 36.3 Å². The molecule has 30 heavy (non-hydrogen) atoms. The van der Waals surface area contributed by atoms with Gasteiger partial charge in [0.25, 0.3) is 0 Å². The lowest BCUT2D eigenvalue weighted by molar-refractivity contribution is -0.132. The van der Waals surface area contributed by atoms with E-state index in [4.69, 9.17) is 9.51 Å². The molecule has 1 amide bonds. The number of para-hydroxylation sites is 2. The topological polar surface area (TPSA) is 75.4 Å². The number of amides is 1. The molecule has 7 nitrogen and oxygen atoms in total. The summed E-state index contributed by atoms with van der Waals surface area (Å²) in [5, 5.41) is 4.00. The Morgan fingerprint density at radius 2 is 1.97 bits per heavy atom. The van der Waals surface area contributed by atoms with Crippen molar-refractivity contribution >= 4 is 22.8 Å². The van der Waals surface area contributed by atoms with Crippen molar-refractivity contribution in [2.24, 2.45) is 5.92 Å². The van der Waals surface area contributed by atoms with Crippen LogP contribution in [0.4, 0.5) is 5.82 Å². The molecule has 0 N–H and O–H groups in total. The first-order valence-corrected chi connectivity index (χ1v) is 10.8. The van der Waals surface area contributed by atoms with E-state index < -0.39 is 0 Å². The van der Waals surface area contributed by atoms with Crippen LogP contribution in [0.2, 0.25) is 0 Å². The molecule has 4 heterocycles. The minimum atomic E-state index is 0.231. The van der Waals surface area contributed by atoms with Gasteiger partial charge in [-0.3, -0.25) is 9.78 Å². The molecule has 2 aliphatic heterocycles. The Labute approximate surface area is 176 Å². The Morgan fingerprint density at radius 1 is 1.17 bits per heavy atom. The molecular weight excluding hydrogens is 378 g/mol. The van der Waals surface area contributed by atoms with Crippen LogP contribution >= 0.6 is 0 Å². The average molecular weight is 406 g/mol. The van der Waals surface area contributed by atoms with Crippen molar-refractivity contribution in [2.75, 3.05) is 24.5 Å². The van der Waals surface area contributed by atoms with E-state index in [1.165, 1.54) is 0 Å². The Balaban J connectivity index is 1.29. The number of piperidine rings is 1. The zero-order valence-electron chi connectivity index (χ0n) is 17.5. The molecule has 2 aliphatic rings. The van der Waals surface area contributed by atoms with Gasteiger partial charge in [0.15, 0.2) is 0 Å². The Hall–Kier alpha value is -2.96. The molecule has 0 aliphatic carbocycles. The highest BCUT2D eigenvalue weighted by molar-refractivity contribution is 5.78. The maximum Gasteiger partial charge on any atom is 0.223 e. The molecule has 156 valence electrons. The highest BCUT2D eigenvalue weighted by atomic mass is 16.5. The standard InChI is InChI=1S/C23H27N5O2/c1-15-18(16(2)30-26-15)7-8-23(29)28-12-10-17-9-11-27(14-21(17)28)22-13-24-19-5-3-4-6-20(19)25-22/h3-6,13,17,21H,7-12,14H2,1-2H3. The zero-order chi connectivity index (χ0) is 20.7. The van der Waals surface area contributed by atoms with Crippen LogP contribution < -0.4 is 4.90 Å². The number of likely N-dealkylation sites (tertiary alicyclic amines) is 1. The fraction of sp³-hybridized carbons (Fsp3) is 0.478. The molecule has 0 saturated carbocycles. The highest BCUT2D eigenvalue weighted by Crippen LogP contribution is 2.34. The van der Waals surface area contributed by atoms with Crippen molar-refractivity contribution in [1.82, 2.24) is 20.0 Å². The van der Waals surface area contributed by atoms with Gasteiger partial charge in [-0.2, -0.15) is 0 Å². The highest BCUT2D eigenvalue weighted by Gasteiger charge is 2.40. The molecule has 2 saturated heterocycles. The molecule has 2 unspecified atom stereocenters. The van der Waals surface area contributed by atoms with Crippen LogP contribution in [0.3, 0.4) is 0 Å². The molecular formula is C23H27N5O2. The van der Waals surface area contributed by atoms with Crippen molar-refractivity contribution in [1.29, 1.82) is 0 Å². The molecule has 0 bridgehead atoms. The first kappa shape index (κ1) is 19.0.